The molecule has 0 radical (unpaired) electrons. The molecule has 5 nitrogen and oxygen atoms in total. The number of carboxylic acids is 1. The smallest absolute Gasteiger partial charge is 0.303 e. The number of nitrogens with zero attached hydrogens (tertiary/aromatic N) is 2. The fourth-order valence-electron chi connectivity index (χ4n) is 1.70. The van der Waals surface area contributed by atoms with Crippen LogP contribution in [0.25, 0.3) is 11.3 Å². The van der Waals surface area contributed by atoms with Crippen molar-refractivity contribution in [3.05, 3.63) is 35.8 Å². The van der Waals surface area contributed by atoms with E-state index in [0.717, 1.165) is 22.5 Å². The Morgan fingerprint density at radius 3 is 2.76 bits per heavy atom. The molecule has 2 aromatic heterocycles. The molecule has 2 heterocycles. The molecule has 2 N–H and O–H groups in total. The summed E-state index contributed by atoms with van der Waals surface area (Å²) in [6.45, 7) is 1.94. The Morgan fingerprint density at radius 1 is 1.41 bits per heavy atom. The molecule has 88 valence electrons. The lowest BCUT2D eigenvalue weighted by Gasteiger charge is -1.99. The molecule has 17 heavy (non-hydrogen) atoms. The maximum atomic E-state index is 10.5. The Bertz CT molecular complexity index is 520. The zero-order chi connectivity index (χ0) is 12.3. The van der Waals surface area contributed by atoms with Crippen molar-refractivity contribution in [2.45, 2.75) is 19.8 Å². The van der Waals surface area contributed by atoms with Gasteiger partial charge in [0.1, 0.15) is 0 Å². The Labute approximate surface area is 98.5 Å². The van der Waals surface area contributed by atoms with Crippen molar-refractivity contribution < 1.29 is 9.90 Å². The van der Waals surface area contributed by atoms with Crippen molar-refractivity contribution in [2.24, 2.45) is 0 Å². The fraction of sp³-hybridized carbons (Fsp3) is 0.250. The Kier molecular flexibility index (Phi) is 3.18. The largest absolute Gasteiger partial charge is 0.481 e. The lowest BCUT2D eigenvalue weighted by Crippen LogP contribution is -1.98. The third-order valence-electron chi connectivity index (χ3n) is 2.65. The highest BCUT2D eigenvalue weighted by Gasteiger charge is 2.11. The van der Waals surface area contributed by atoms with Crippen LogP contribution in [-0.2, 0) is 11.2 Å². The molecular formula is C12H13N3O2. The van der Waals surface area contributed by atoms with E-state index in [2.05, 4.69) is 15.2 Å². The zero-order valence-corrected chi connectivity index (χ0v) is 9.47. The van der Waals surface area contributed by atoms with Crippen LogP contribution in [0.1, 0.15) is 17.7 Å². The quantitative estimate of drug-likeness (QED) is 0.840. The minimum Gasteiger partial charge on any atom is -0.481 e. The molecule has 0 aliphatic carbocycles. The summed E-state index contributed by atoms with van der Waals surface area (Å²) in [4.78, 5) is 14.5. The van der Waals surface area contributed by atoms with Gasteiger partial charge in [-0.25, -0.2) is 0 Å². The van der Waals surface area contributed by atoms with Gasteiger partial charge in [0.2, 0.25) is 0 Å². The number of carbonyl (C=O) groups is 1. The number of pyridine rings is 1. The monoisotopic (exact) mass is 231 g/mol. The van der Waals surface area contributed by atoms with Gasteiger partial charge >= 0.3 is 5.97 Å². The normalized spacial score (nSPS) is 10.4. The third-order valence-corrected chi connectivity index (χ3v) is 2.65. The lowest BCUT2D eigenvalue weighted by atomic mass is 10.1. The van der Waals surface area contributed by atoms with E-state index in [-0.39, 0.29) is 6.42 Å². The van der Waals surface area contributed by atoms with E-state index in [9.17, 15) is 4.79 Å². The van der Waals surface area contributed by atoms with Gasteiger partial charge in [-0.05, 0) is 31.0 Å². The van der Waals surface area contributed by atoms with Crippen molar-refractivity contribution in [2.75, 3.05) is 0 Å². The number of nitrogens with one attached hydrogen (secondary N) is 1. The Hall–Kier alpha value is -2.17. The van der Waals surface area contributed by atoms with Gasteiger partial charge in [0.05, 0.1) is 12.1 Å². The predicted molar refractivity (Wildman–Crippen MR) is 62.5 cm³/mol. The second-order valence-electron chi connectivity index (χ2n) is 3.81. The van der Waals surface area contributed by atoms with Gasteiger partial charge < -0.3 is 5.11 Å². The van der Waals surface area contributed by atoms with E-state index >= 15 is 0 Å². The van der Waals surface area contributed by atoms with Gasteiger partial charge in [0.25, 0.3) is 0 Å². The summed E-state index contributed by atoms with van der Waals surface area (Å²) in [5.74, 6) is -0.801. The Balaban J connectivity index is 2.24. The third kappa shape index (κ3) is 2.50. The summed E-state index contributed by atoms with van der Waals surface area (Å²) >= 11 is 0. The first-order chi connectivity index (χ1) is 8.18. The van der Waals surface area contributed by atoms with Crippen LogP contribution in [-0.4, -0.2) is 26.3 Å². The highest BCUT2D eigenvalue weighted by atomic mass is 16.4. The molecule has 2 aromatic rings. The van der Waals surface area contributed by atoms with Crippen LogP contribution in [0.4, 0.5) is 0 Å². The highest BCUT2D eigenvalue weighted by Crippen LogP contribution is 2.22. The molecule has 0 bridgehead atoms. The minimum absolute atomic E-state index is 0.110. The van der Waals surface area contributed by atoms with E-state index in [1.807, 2.05) is 19.1 Å². The van der Waals surface area contributed by atoms with Gasteiger partial charge in [-0.1, -0.05) is 0 Å². The number of aromatic amines is 1. The predicted octanol–water partition coefficient (Wildman–Crippen LogP) is 1.80. The van der Waals surface area contributed by atoms with E-state index in [1.54, 1.807) is 12.4 Å². The van der Waals surface area contributed by atoms with Crippen LogP contribution in [0.3, 0.4) is 0 Å². The highest BCUT2D eigenvalue weighted by molar-refractivity contribution is 5.68. The molecule has 0 atom stereocenters. The lowest BCUT2D eigenvalue weighted by molar-refractivity contribution is -0.136. The van der Waals surface area contributed by atoms with Gasteiger partial charge in [-0.2, -0.15) is 5.10 Å². The van der Waals surface area contributed by atoms with Crippen LogP contribution in [0.2, 0.25) is 0 Å². The zero-order valence-electron chi connectivity index (χ0n) is 9.47. The molecule has 0 unspecified atom stereocenters. The number of carboxylic acid groups (broad SMARTS) is 1. The second-order valence-corrected chi connectivity index (χ2v) is 3.81. The summed E-state index contributed by atoms with van der Waals surface area (Å²) in [7, 11) is 0. The minimum atomic E-state index is -0.801. The number of H-pyrrole nitrogens is 1. The Morgan fingerprint density at radius 2 is 2.12 bits per heavy atom. The van der Waals surface area contributed by atoms with Gasteiger partial charge in [0.15, 0.2) is 0 Å². The van der Waals surface area contributed by atoms with Gasteiger partial charge in [-0.15, -0.1) is 0 Å². The number of hydrogen-bond donors (Lipinski definition) is 2. The molecule has 0 aliphatic rings. The van der Waals surface area contributed by atoms with E-state index in [1.165, 1.54) is 0 Å². The molecule has 0 amide bonds. The fourth-order valence-corrected chi connectivity index (χ4v) is 1.70. The standard InChI is InChI=1S/C12H13N3O2/c1-8-10(2-3-11(16)17)14-15-12(8)9-4-6-13-7-5-9/h4-7H,2-3H2,1H3,(H,14,15)(H,16,17). The van der Waals surface area contributed by atoms with E-state index in [4.69, 9.17) is 5.11 Å². The molecule has 0 aliphatic heterocycles. The molecule has 0 saturated heterocycles. The van der Waals surface area contributed by atoms with E-state index in [0.29, 0.717) is 6.42 Å². The summed E-state index contributed by atoms with van der Waals surface area (Å²) < 4.78 is 0. The topological polar surface area (TPSA) is 78.9 Å². The number of rotatable bonds is 4. The molecular weight excluding hydrogens is 218 g/mol. The molecule has 0 spiro atoms. The van der Waals surface area contributed by atoms with Crippen LogP contribution in [0.15, 0.2) is 24.5 Å². The molecule has 0 aromatic carbocycles. The average Bonchev–Trinajstić information content (AvgIpc) is 2.69. The molecule has 0 saturated carbocycles. The van der Waals surface area contributed by atoms with Crippen LogP contribution in [0.5, 0.6) is 0 Å². The first-order valence-electron chi connectivity index (χ1n) is 5.34. The second kappa shape index (κ2) is 4.78. The molecule has 0 fully saturated rings. The van der Waals surface area contributed by atoms with Crippen LogP contribution in [0, 0.1) is 6.92 Å². The SMILES string of the molecule is Cc1c(-c2ccncc2)n[nH]c1CCC(=O)O. The van der Waals surface area contributed by atoms with Crippen LogP contribution < -0.4 is 0 Å². The number of hydrogen-bond acceptors (Lipinski definition) is 3. The molecule has 5 heteroatoms. The molecule has 2 rings (SSSR count). The number of aromatic nitrogens is 3. The maximum absolute atomic E-state index is 10.5. The van der Waals surface area contributed by atoms with Gasteiger partial charge in [-0.3, -0.25) is 14.9 Å². The van der Waals surface area contributed by atoms with Crippen molar-refractivity contribution in [1.29, 1.82) is 0 Å². The number of aliphatic carboxylic acids is 1. The summed E-state index contributed by atoms with van der Waals surface area (Å²) in [6.07, 6.45) is 4.00. The maximum Gasteiger partial charge on any atom is 0.303 e. The van der Waals surface area contributed by atoms with Crippen molar-refractivity contribution >= 4 is 5.97 Å². The first-order valence-corrected chi connectivity index (χ1v) is 5.34. The van der Waals surface area contributed by atoms with E-state index < -0.39 is 5.97 Å². The summed E-state index contributed by atoms with van der Waals surface area (Å²) in [5.41, 5.74) is 3.71. The average molecular weight is 231 g/mol. The van der Waals surface area contributed by atoms with Crippen molar-refractivity contribution in [3.63, 3.8) is 0 Å². The first kappa shape index (κ1) is 11.3. The van der Waals surface area contributed by atoms with Gasteiger partial charge in [0, 0.05) is 23.7 Å². The summed E-state index contributed by atoms with van der Waals surface area (Å²) in [6, 6.07) is 3.76. The van der Waals surface area contributed by atoms with Crippen molar-refractivity contribution in [3.8, 4) is 11.3 Å². The summed E-state index contributed by atoms with van der Waals surface area (Å²) in [5, 5.41) is 15.8. The number of aryl methyl sites for hydroxylation is 1. The van der Waals surface area contributed by atoms with Crippen LogP contribution >= 0.6 is 0 Å². The van der Waals surface area contributed by atoms with Crippen molar-refractivity contribution in [1.82, 2.24) is 15.2 Å².